The standard InChI is InChI=1S/C26H35N5O4/c1-6-21-14-31(10-11-33-21)26-16(2)24(23-17(3)30-35-18(23)4)28-25(29-26)19-8-7-9-22(12-19)34-15-20(32)13-27-5/h7-9,12,20-21,27,32H,6,10-11,13-15H2,1-5H3/t20?,21-/m1/s1. The van der Waals surface area contributed by atoms with E-state index in [0.717, 1.165) is 59.2 Å². The second kappa shape index (κ2) is 11.2. The third-order valence-corrected chi connectivity index (χ3v) is 6.26. The molecule has 0 bridgehead atoms. The fraction of sp³-hybridized carbons (Fsp3) is 0.500. The number of nitrogens with one attached hydrogen (secondary N) is 1. The first-order valence-corrected chi connectivity index (χ1v) is 12.2. The summed E-state index contributed by atoms with van der Waals surface area (Å²) in [5.41, 5.74) is 4.33. The summed E-state index contributed by atoms with van der Waals surface area (Å²) in [5.74, 6) is 2.87. The van der Waals surface area contributed by atoms with E-state index in [4.69, 9.17) is 24.0 Å². The van der Waals surface area contributed by atoms with E-state index in [1.807, 2.05) is 38.1 Å². The number of aliphatic hydroxyl groups is 1. The topological polar surface area (TPSA) is 106 Å². The number of morpholine rings is 1. The maximum atomic E-state index is 10.0. The molecule has 2 aromatic heterocycles. The summed E-state index contributed by atoms with van der Waals surface area (Å²) in [7, 11) is 1.80. The molecule has 2 atom stereocenters. The zero-order valence-corrected chi connectivity index (χ0v) is 21.2. The maximum absolute atomic E-state index is 10.0. The highest BCUT2D eigenvalue weighted by Gasteiger charge is 2.26. The van der Waals surface area contributed by atoms with Gasteiger partial charge in [-0.05, 0) is 46.4 Å². The summed E-state index contributed by atoms with van der Waals surface area (Å²) in [6.07, 6.45) is 0.526. The van der Waals surface area contributed by atoms with E-state index >= 15 is 0 Å². The zero-order chi connectivity index (χ0) is 24.9. The fourth-order valence-corrected chi connectivity index (χ4v) is 4.38. The minimum atomic E-state index is -0.593. The van der Waals surface area contributed by atoms with Crippen LogP contribution in [0.5, 0.6) is 5.75 Å². The van der Waals surface area contributed by atoms with Gasteiger partial charge >= 0.3 is 0 Å². The predicted octanol–water partition coefficient (Wildman–Crippen LogP) is 3.30. The van der Waals surface area contributed by atoms with Gasteiger partial charge in [0.1, 0.15) is 30.0 Å². The number of hydrogen-bond acceptors (Lipinski definition) is 9. The van der Waals surface area contributed by atoms with Crippen LogP contribution in [0.2, 0.25) is 0 Å². The van der Waals surface area contributed by atoms with Crippen LogP contribution in [0, 0.1) is 20.8 Å². The first kappa shape index (κ1) is 25.1. The molecule has 3 heterocycles. The third-order valence-electron chi connectivity index (χ3n) is 6.26. The van der Waals surface area contributed by atoms with Crippen molar-refractivity contribution < 1.29 is 19.1 Å². The van der Waals surface area contributed by atoms with Crippen molar-refractivity contribution in [1.82, 2.24) is 20.4 Å². The molecule has 1 saturated heterocycles. The summed E-state index contributed by atoms with van der Waals surface area (Å²) in [4.78, 5) is 12.3. The number of anilines is 1. The molecular formula is C26H35N5O4. The molecule has 0 saturated carbocycles. The summed E-state index contributed by atoms with van der Waals surface area (Å²) in [6.45, 7) is 10.9. The van der Waals surface area contributed by atoms with Crippen molar-refractivity contribution in [3.8, 4) is 28.4 Å². The van der Waals surface area contributed by atoms with Gasteiger partial charge in [0.2, 0.25) is 0 Å². The van der Waals surface area contributed by atoms with Gasteiger partial charge in [0, 0.05) is 30.8 Å². The van der Waals surface area contributed by atoms with Crippen molar-refractivity contribution >= 4 is 5.82 Å². The Bertz CT molecular complexity index is 1130. The Labute approximate surface area is 206 Å². The van der Waals surface area contributed by atoms with Gasteiger partial charge in [-0.3, -0.25) is 0 Å². The van der Waals surface area contributed by atoms with Crippen LogP contribution in [0.1, 0.15) is 30.4 Å². The molecule has 3 aromatic rings. The van der Waals surface area contributed by atoms with Crippen LogP contribution in [-0.2, 0) is 4.74 Å². The Morgan fingerprint density at radius 3 is 2.80 bits per heavy atom. The Balaban J connectivity index is 1.76. The lowest BCUT2D eigenvalue weighted by Gasteiger charge is -2.34. The van der Waals surface area contributed by atoms with Crippen LogP contribution in [0.3, 0.4) is 0 Å². The first-order chi connectivity index (χ1) is 16.9. The highest BCUT2D eigenvalue weighted by Crippen LogP contribution is 2.35. The average Bonchev–Trinajstić information content (AvgIpc) is 3.21. The highest BCUT2D eigenvalue weighted by molar-refractivity contribution is 5.75. The van der Waals surface area contributed by atoms with Gasteiger partial charge in [0.25, 0.3) is 0 Å². The van der Waals surface area contributed by atoms with Crippen LogP contribution in [0.25, 0.3) is 22.6 Å². The number of ether oxygens (including phenoxy) is 2. The van der Waals surface area contributed by atoms with Crippen molar-refractivity contribution in [3.63, 3.8) is 0 Å². The number of benzene rings is 1. The van der Waals surface area contributed by atoms with E-state index in [1.54, 1.807) is 7.05 Å². The van der Waals surface area contributed by atoms with Crippen molar-refractivity contribution in [2.75, 3.05) is 44.8 Å². The van der Waals surface area contributed by atoms with E-state index < -0.39 is 6.10 Å². The summed E-state index contributed by atoms with van der Waals surface area (Å²) in [5, 5.41) is 17.1. The number of likely N-dealkylation sites (N-methyl/N-ethyl adjacent to an activating group) is 1. The van der Waals surface area contributed by atoms with Gasteiger partial charge in [0.05, 0.1) is 29.7 Å². The molecular weight excluding hydrogens is 446 g/mol. The monoisotopic (exact) mass is 481 g/mol. The SMILES string of the molecule is CC[C@@H]1CN(c2nc(-c3cccc(OCC(O)CNC)c3)nc(-c3c(C)noc3C)c2C)CCO1. The van der Waals surface area contributed by atoms with Gasteiger partial charge < -0.3 is 29.3 Å². The number of aliphatic hydroxyl groups excluding tert-OH is 1. The number of aryl methyl sites for hydroxylation is 2. The van der Waals surface area contributed by atoms with Gasteiger partial charge in [-0.2, -0.15) is 0 Å². The molecule has 9 nitrogen and oxygen atoms in total. The lowest BCUT2D eigenvalue weighted by molar-refractivity contribution is 0.0381. The van der Waals surface area contributed by atoms with Crippen LogP contribution in [0.15, 0.2) is 28.8 Å². The number of nitrogens with zero attached hydrogens (tertiary/aromatic N) is 4. The molecule has 2 N–H and O–H groups in total. The minimum Gasteiger partial charge on any atom is -0.491 e. The Hall–Kier alpha value is -3.01. The van der Waals surface area contributed by atoms with Crippen LogP contribution >= 0.6 is 0 Å². The number of aromatic nitrogens is 3. The normalized spacial score (nSPS) is 17.0. The van der Waals surface area contributed by atoms with Gasteiger partial charge in [-0.25, -0.2) is 9.97 Å². The molecule has 35 heavy (non-hydrogen) atoms. The van der Waals surface area contributed by atoms with E-state index in [0.29, 0.717) is 24.7 Å². The molecule has 0 spiro atoms. The largest absolute Gasteiger partial charge is 0.491 e. The average molecular weight is 482 g/mol. The molecule has 1 aromatic carbocycles. The molecule has 0 amide bonds. The molecule has 1 aliphatic rings. The second-order valence-electron chi connectivity index (χ2n) is 8.94. The van der Waals surface area contributed by atoms with E-state index in [-0.39, 0.29) is 12.7 Å². The summed E-state index contributed by atoms with van der Waals surface area (Å²) >= 11 is 0. The van der Waals surface area contributed by atoms with E-state index in [1.165, 1.54) is 0 Å². The van der Waals surface area contributed by atoms with Crippen molar-refractivity contribution in [2.45, 2.75) is 46.3 Å². The number of rotatable bonds is 9. The Kier molecular flexibility index (Phi) is 8.00. The van der Waals surface area contributed by atoms with Gasteiger partial charge in [-0.1, -0.05) is 24.2 Å². The smallest absolute Gasteiger partial charge is 0.162 e. The predicted molar refractivity (Wildman–Crippen MR) is 135 cm³/mol. The quantitative estimate of drug-likeness (QED) is 0.476. The van der Waals surface area contributed by atoms with Gasteiger partial charge in [-0.15, -0.1) is 0 Å². The van der Waals surface area contributed by atoms with E-state index in [9.17, 15) is 5.11 Å². The molecule has 1 fully saturated rings. The molecule has 1 aliphatic heterocycles. The van der Waals surface area contributed by atoms with Crippen LogP contribution in [0.4, 0.5) is 5.82 Å². The van der Waals surface area contributed by atoms with Gasteiger partial charge in [0.15, 0.2) is 5.82 Å². The Morgan fingerprint density at radius 2 is 2.09 bits per heavy atom. The molecule has 0 aliphatic carbocycles. The van der Waals surface area contributed by atoms with Crippen molar-refractivity contribution in [2.24, 2.45) is 0 Å². The van der Waals surface area contributed by atoms with Crippen LogP contribution in [-0.4, -0.2) is 72.3 Å². The number of hydrogen-bond donors (Lipinski definition) is 2. The first-order valence-electron chi connectivity index (χ1n) is 12.2. The van der Waals surface area contributed by atoms with Crippen LogP contribution < -0.4 is 15.0 Å². The Morgan fingerprint density at radius 1 is 1.26 bits per heavy atom. The zero-order valence-electron chi connectivity index (χ0n) is 21.2. The molecule has 0 radical (unpaired) electrons. The maximum Gasteiger partial charge on any atom is 0.162 e. The van der Waals surface area contributed by atoms with E-state index in [2.05, 4.69) is 29.2 Å². The second-order valence-corrected chi connectivity index (χ2v) is 8.94. The fourth-order valence-electron chi connectivity index (χ4n) is 4.38. The highest BCUT2D eigenvalue weighted by atomic mass is 16.5. The lowest BCUT2D eigenvalue weighted by Crippen LogP contribution is -2.43. The lowest BCUT2D eigenvalue weighted by atomic mass is 10.0. The van der Waals surface area contributed by atoms with Crippen molar-refractivity contribution in [3.05, 3.63) is 41.3 Å². The third kappa shape index (κ3) is 5.63. The minimum absolute atomic E-state index is 0.171. The molecule has 4 rings (SSSR count). The summed E-state index contributed by atoms with van der Waals surface area (Å²) in [6, 6.07) is 7.66. The van der Waals surface area contributed by atoms with Crippen molar-refractivity contribution in [1.29, 1.82) is 0 Å². The molecule has 9 heteroatoms. The molecule has 188 valence electrons. The summed E-state index contributed by atoms with van der Waals surface area (Å²) < 4.78 is 17.2. The molecule has 1 unspecified atom stereocenters.